The maximum absolute atomic E-state index is 12.9. The van der Waals surface area contributed by atoms with E-state index in [1.807, 2.05) is 38.1 Å². The summed E-state index contributed by atoms with van der Waals surface area (Å²) in [5, 5.41) is 27.1. The molecule has 0 bridgehead atoms. The molecular formula is C23H33N5O6S. The van der Waals surface area contributed by atoms with Gasteiger partial charge in [-0.3, -0.25) is 14.4 Å². The molecule has 2 rings (SSSR count). The fourth-order valence-electron chi connectivity index (χ4n) is 3.52. The van der Waals surface area contributed by atoms with Gasteiger partial charge in [-0.25, -0.2) is 4.79 Å². The molecule has 1 heterocycles. The zero-order chi connectivity index (χ0) is 26.1. The molecule has 11 nitrogen and oxygen atoms in total. The monoisotopic (exact) mass is 507 g/mol. The summed E-state index contributed by atoms with van der Waals surface area (Å²) in [5.41, 5.74) is 7.08. The van der Waals surface area contributed by atoms with Crippen LogP contribution in [0.4, 0.5) is 0 Å². The number of aromatic nitrogens is 1. The maximum atomic E-state index is 12.9. The van der Waals surface area contributed by atoms with Gasteiger partial charge in [-0.2, -0.15) is 12.6 Å². The first-order chi connectivity index (χ1) is 16.6. The lowest BCUT2D eigenvalue weighted by molar-refractivity contribution is -0.142. The van der Waals surface area contributed by atoms with Crippen LogP contribution in [-0.4, -0.2) is 75.4 Å². The van der Waals surface area contributed by atoms with Crippen LogP contribution in [0.1, 0.15) is 25.8 Å². The van der Waals surface area contributed by atoms with E-state index in [0.29, 0.717) is 0 Å². The largest absolute Gasteiger partial charge is 0.480 e. The van der Waals surface area contributed by atoms with Gasteiger partial charge in [0.1, 0.15) is 24.2 Å². The van der Waals surface area contributed by atoms with E-state index in [9.17, 15) is 24.3 Å². The van der Waals surface area contributed by atoms with Crippen LogP contribution >= 0.6 is 12.6 Å². The van der Waals surface area contributed by atoms with Crippen molar-refractivity contribution >= 4 is 47.2 Å². The summed E-state index contributed by atoms with van der Waals surface area (Å²) < 4.78 is 0. The molecule has 0 radical (unpaired) electrons. The van der Waals surface area contributed by atoms with E-state index in [-0.39, 0.29) is 24.5 Å². The summed E-state index contributed by atoms with van der Waals surface area (Å²) in [5.74, 6) is -3.37. The first-order valence-corrected chi connectivity index (χ1v) is 11.9. The second-order valence-electron chi connectivity index (χ2n) is 8.69. The van der Waals surface area contributed by atoms with E-state index in [4.69, 9.17) is 10.8 Å². The van der Waals surface area contributed by atoms with Crippen LogP contribution < -0.4 is 21.7 Å². The Morgan fingerprint density at radius 1 is 1.00 bits per heavy atom. The number of carboxylic acid groups (broad SMARTS) is 1. The lowest BCUT2D eigenvalue weighted by Crippen LogP contribution is -2.58. The van der Waals surface area contributed by atoms with Crippen LogP contribution in [0, 0.1) is 5.92 Å². The molecule has 35 heavy (non-hydrogen) atoms. The molecule has 192 valence electrons. The summed E-state index contributed by atoms with van der Waals surface area (Å²) >= 11 is 4.13. The third kappa shape index (κ3) is 7.98. The van der Waals surface area contributed by atoms with Crippen molar-refractivity contribution in [2.45, 2.75) is 50.9 Å². The normalized spacial score (nSPS) is 14.7. The molecule has 0 saturated heterocycles. The number of aromatic amines is 1. The van der Waals surface area contributed by atoms with Crippen molar-refractivity contribution in [3.63, 3.8) is 0 Å². The summed E-state index contributed by atoms with van der Waals surface area (Å²) in [6.45, 7) is 3.11. The standard InChI is InChI=1S/C23H33N5O6S/c1-12(2)7-17(26-20(30)15(24)10-29)21(31)28-19(11-35)22(32)27-18(23(33)34)8-13-9-25-16-6-4-3-5-14(13)16/h3-6,9,12,15,17-19,25,29,35H,7-8,10-11,24H2,1-2H3,(H,26,30)(H,27,32)(H,28,31)(H,33,34). The van der Waals surface area contributed by atoms with E-state index in [2.05, 4.69) is 33.6 Å². The molecule has 2 aromatic rings. The van der Waals surface area contributed by atoms with Crippen molar-refractivity contribution in [2.75, 3.05) is 12.4 Å². The zero-order valence-corrected chi connectivity index (χ0v) is 20.5. The van der Waals surface area contributed by atoms with E-state index >= 15 is 0 Å². The Hall–Kier alpha value is -3.09. The van der Waals surface area contributed by atoms with E-state index in [0.717, 1.165) is 16.5 Å². The lowest BCUT2D eigenvalue weighted by atomic mass is 10.0. The number of benzene rings is 1. The van der Waals surface area contributed by atoms with Crippen molar-refractivity contribution < 1.29 is 29.4 Å². The molecule has 0 aliphatic heterocycles. The summed E-state index contributed by atoms with van der Waals surface area (Å²) in [6.07, 6.45) is 1.99. The van der Waals surface area contributed by atoms with E-state index in [1.165, 1.54) is 0 Å². The number of hydrogen-bond donors (Lipinski definition) is 8. The van der Waals surface area contributed by atoms with Crippen molar-refractivity contribution in [1.82, 2.24) is 20.9 Å². The van der Waals surface area contributed by atoms with Crippen LogP contribution in [0.3, 0.4) is 0 Å². The van der Waals surface area contributed by atoms with Gasteiger partial charge in [0.15, 0.2) is 0 Å². The van der Waals surface area contributed by atoms with Crippen molar-refractivity contribution in [3.8, 4) is 0 Å². The number of carbonyl (C=O) groups excluding carboxylic acids is 3. The Kier molecular flexibility index (Phi) is 10.6. The Labute approximate surface area is 208 Å². The number of hydrogen-bond acceptors (Lipinski definition) is 7. The predicted molar refractivity (Wildman–Crippen MR) is 134 cm³/mol. The first-order valence-electron chi connectivity index (χ1n) is 11.2. The van der Waals surface area contributed by atoms with Gasteiger partial charge in [0, 0.05) is 29.3 Å². The number of aliphatic hydroxyl groups excluding tert-OH is 1. The molecule has 0 aliphatic carbocycles. The SMILES string of the molecule is CC(C)CC(NC(=O)C(N)CO)C(=O)NC(CS)C(=O)NC(Cc1c[nH]c2ccccc12)C(=O)O. The van der Waals surface area contributed by atoms with Crippen molar-refractivity contribution in [1.29, 1.82) is 0 Å². The van der Waals surface area contributed by atoms with E-state index < -0.39 is 54.5 Å². The zero-order valence-electron chi connectivity index (χ0n) is 19.7. The molecule has 3 amide bonds. The quantitative estimate of drug-likeness (QED) is 0.169. The van der Waals surface area contributed by atoms with Gasteiger partial charge in [0.25, 0.3) is 0 Å². The molecule has 0 aliphatic rings. The molecule has 1 aromatic heterocycles. The Bertz CT molecular complexity index is 1040. The number of H-pyrrole nitrogens is 1. The third-order valence-corrected chi connectivity index (χ3v) is 5.77. The molecule has 4 unspecified atom stereocenters. The second kappa shape index (κ2) is 13.1. The minimum Gasteiger partial charge on any atom is -0.480 e. The number of carbonyl (C=O) groups is 4. The number of carboxylic acids is 1. The van der Waals surface area contributed by atoms with Gasteiger partial charge in [-0.1, -0.05) is 32.0 Å². The van der Waals surface area contributed by atoms with Crippen LogP contribution in [0.2, 0.25) is 0 Å². The number of thiol groups is 1. The number of nitrogens with two attached hydrogens (primary N) is 1. The van der Waals surface area contributed by atoms with Gasteiger partial charge in [0.2, 0.25) is 17.7 Å². The summed E-state index contributed by atoms with van der Waals surface area (Å²) in [7, 11) is 0. The highest BCUT2D eigenvalue weighted by molar-refractivity contribution is 7.80. The van der Waals surface area contributed by atoms with Gasteiger partial charge >= 0.3 is 5.97 Å². The van der Waals surface area contributed by atoms with Crippen LogP contribution in [-0.2, 0) is 25.6 Å². The van der Waals surface area contributed by atoms with Crippen LogP contribution in [0.5, 0.6) is 0 Å². The predicted octanol–water partition coefficient (Wildman–Crippen LogP) is -0.455. The fraction of sp³-hybridized carbons (Fsp3) is 0.478. The fourth-order valence-corrected chi connectivity index (χ4v) is 3.78. The number of aliphatic carboxylic acids is 1. The minimum absolute atomic E-state index is 0.0206. The first kappa shape index (κ1) is 28.1. The molecular weight excluding hydrogens is 474 g/mol. The second-order valence-corrected chi connectivity index (χ2v) is 9.05. The Morgan fingerprint density at radius 2 is 1.60 bits per heavy atom. The highest BCUT2D eigenvalue weighted by Gasteiger charge is 2.30. The number of nitrogens with one attached hydrogen (secondary N) is 4. The third-order valence-electron chi connectivity index (χ3n) is 5.40. The molecule has 1 aromatic carbocycles. The molecule has 4 atom stereocenters. The smallest absolute Gasteiger partial charge is 0.326 e. The number of para-hydroxylation sites is 1. The highest BCUT2D eigenvalue weighted by atomic mass is 32.1. The molecule has 0 spiro atoms. The summed E-state index contributed by atoms with van der Waals surface area (Å²) in [4.78, 5) is 52.7. The van der Waals surface area contributed by atoms with Gasteiger partial charge < -0.3 is 36.9 Å². The van der Waals surface area contributed by atoms with Crippen LogP contribution in [0.25, 0.3) is 10.9 Å². The molecule has 12 heteroatoms. The van der Waals surface area contributed by atoms with Crippen molar-refractivity contribution in [3.05, 3.63) is 36.0 Å². The maximum Gasteiger partial charge on any atom is 0.326 e. The lowest BCUT2D eigenvalue weighted by Gasteiger charge is -2.25. The Morgan fingerprint density at radius 3 is 2.20 bits per heavy atom. The van der Waals surface area contributed by atoms with Gasteiger partial charge in [-0.05, 0) is 24.0 Å². The average molecular weight is 508 g/mol. The molecule has 0 saturated carbocycles. The molecule has 0 fully saturated rings. The van der Waals surface area contributed by atoms with Crippen LogP contribution in [0.15, 0.2) is 30.5 Å². The van der Waals surface area contributed by atoms with Crippen molar-refractivity contribution in [2.24, 2.45) is 11.7 Å². The Balaban J connectivity index is 2.09. The number of aliphatic hydroxyl groups is 1. The number of rotatable bonds is 13. The van der Waals surface area contributed by atoms with Gasteiger partial charge in [0.05, 0.1) is 6.61 Å². The highest BCUT2D eigenvalue weighted by Crippen LogP contribution is 2.19. The number of amides is 3. The summed E-state index contributed by atoms with van der Waals surface area (Å²) in [6, 6.07) is 2.82. The van der Waals surface area contributed by atoms with E-state index in [1.54, 1.807) is 6.20 Å². The van der Waals surface area contributed by atoms with Gasteiger partial charge in [-0.15, -0.1) is 0 Å². The number of fused-ring (bicyclic) bond motifs is 1. The average Bonchev–Trinajstić information content (AvgIpc) is 3.23. The minimum atomic E-state index is -1.24. The molecule has 8 N–H and O–H groups in total. The topological polar surface area (TPSA) is 187 Å².